The molecule has 1 saturated heterocycles. The second-order valence-corrected chi connectivity index (χ2v) is 7.01. The Bertz CT molecular complexity index is 608. The van der Waals surface area contributed by atoms with E-state index >= 15 is 0 Å². The van der Waals surface area contributed by atoms with Crippen LogP contribution < -0.4 is 5.32 Å². The molecule has 1 aromatic carbocycles. The Labute approximate surface area is 134 Å². The summed E-state index contributed by atoms with van der Waals surface area (Å²) in [6.07, 6.45) is -3.89. The molecule has 1 unspecified atom stereocenters. The van der Waals surface area contributed by atoms with Crippen molar-refractivity contribution in [3.63, 3.8) is 0 Å². The van der Waals surface area contributed by atoms with E-state index in [1.165, 1.54) is 22.5 Å². The third kappa shape index (κ3) is 4.34. The molecule has 0 aromatic heterocycles. The maximum Gasteiger partial charge on any atom is 0.416 e. The molecule has 1 aliphatic heterocycles. The molecule has 1 aromatic rings. The first-order chi connectivity index (χ1) is 9.74. The topological polar surface area (TPSA) is 49.4 Å². The van der Waals surface area contributed by atoms with Crippen LogP contribution in [0.1, 0.15) is 17.5 Å². The summed E-state index contributed by atoms with van der Waals surface area (Å²) in [6.45, 7) is 0.634. The highest BCUT2D eigenvalue weighted by Gasteiger charge is 2.36. The Morgan fingerprint density at radius 2 is 1.95 bits per heavy atom. The quantitative estimate of drug-likeness (QED) is 0.898. The van der Waals surface area contributed by atoms with Crippen LogP contribution in [0.5, 0.6) is 0 Å². The number of alkyl halides is 3. The van der Waals surface area contributed by atoms with Crippen molar-refractivity contribution in [2.75, 3.05) is 20.1 Å². The maximum atomic E-state index is 12.9. The van der Waals surface area contributed by atoms with E-state index in [0.717, 1.165) is 6.07 Å². The number of hydrogen-bond acceptors (Lipinski definition) is 3. The van der Waals surface area contributed by atoms with Crippen molar-refractivity contribution in [2.45, 2.75) is 24.4 Å². The Balaban J connectivity index is 0.00000242. The summed E-state index contributed by atoms with van der Waals surface area (Å²) in [7, 11) is -2.01. The second-order valence-electron chi connectivity index (χ2n) is 5.04. The number of nitrogens with one attached hydrogen (secondary N) is 1. The normalized spacial score (nSPS) is 19.9. The van der Waals surface area contributed by atoms with Crippen molar-refractivity contribution in [2.24, 2.45) is 0 Å². The lowest BCUT2D eigenvalue weighted by molar-refractivity contribution is -0.138. The molecule has 1 aliphatic rings. The lowest BCUT2D eigenvalue weighted by atomic mass is 10.1. The van der Waals surface area contributed by atoms with E-state index in [1.54, 1.807) is 7.05 Å². The molecule has 9 heteroatoms. The zero-order valence-corrected chi connectivity index (χ0v) is 13.6. The van der Waals surface area contributed by atoms with Gasteiger partial charge in [0.05, 0.1) is 11.3 Å². The fourth-order valence-corrected chi connectivity index (χ4v) is 4.04. The van der Waals surface area contributed by atoms with Crippen molar-refractivity contribution in [3.8, 4) is 0 Å². The monoisotopic (exact) mass is 358 g/mol. The largest absolute Gasteiger partial charge is 0.416 e. The predicted octanol–water partition coefficient (Wildman–Crippen LogP) is 2.25. The predicted molar refractivity (Wildman–Crippen MR) is 80.4 cm³/mol. The van der Waals surface area contributed by atoms with Crippen LogP contribution in [0.4, 0.5) is 13.2 Å². The molecule has 0 amide bonds. The average molecular weight is 359 g/mol. The molecule has 126 valence electrons. The lowest BCUT2D eigenvalue weighted by Gasteiger charge is -2.18. The van der Waals surface area contributed by atoms with Crippen molar-refractivity contribution < 1.29 is 21.6 Å². The molecular formula is C13H18ClF3N2O2S. The van der Waals surface area contributed by atoms with Crippen molar-refractivity contribution in [3.05, 3.63) is 35.4 Å². The first-order valence-corrected chi connectivity index (χ1v) is 8.15. The van der Waals surface area contributed by atoms with Gasteiger partial charge in [0.15, 0.2) is 0 Å². The number of rotatable bonds is 4. The van der Waals surface area contributed by atoms with Gasteiger partial charge in [-0.25, -0.2) is 12.7 Å². The van der Waals surface area contributed by atoms with Crippen LogP contribution in [-0.2, 0) is 22.0 Å². The molecule has 0 bridgehead atoms. The minimum atomic E-state index is -4.55. The highest BCUT2D eigenvalue weighted by Crippen LogP contribution is 2.33. The molecule has 2 rings (SSSR count). The van der Waals surface area contributed by atoms with Crippen molar-refractivity contribution in [1.29, 1.82) is 0 Å². The van der Waals surface area contributed by atoms with Crippen LogP contribution in [0, 0.1) is 0 Å². The van der Waals surface area contributed by atoms with Crippen molar-refractivity contribution >= 4 is 22.4 Å². The molecule has 1 heterocycles. The Morgan fingerprint density at radius 1 is 1.32 bits per heavy atom. The summed E-state index contributed by atoms with van der Waals surface area (Å²) in [4.78, 5) is 0. The fourth-order valence-electron chi connectivity index (χ4n) is 2.43. The van der Waals surface area contributed by atoms with Gasteiger partial charge < -0.3 is 5.32 Å². The van der Waals surface area contributed by atoms with Gasteiger partial charge in [0, 0.05) is 19.1 Å². The number of sulfonamides is 1. The van der Waals surface area contributed by atoms with Crippen LogP contribution >= 0.6 is 12.4 Å². The fraction of sp³-hybridized carbons (Fsp3) is 0.538. The molecule has 0 spiro atoms. The van der Waals surface area contributed by atoms with Gasteiger partial charge in [-0.15, -0.1) is 12.4 Å². The maximum absolute atomic E-state index is 12.9. The van der Waals surface area contributed by atoms with Crippen molar-refractivity contribution in [1.82, 2.24) is 9.62 Å². The van der Waals surface area contributed by atoms with Gasteiger partial charge in [0.2, 0.25) is 10.0 Å². The molecule has 22 heavy (non-hydrogen) atoms. The third-order valence-corrected chi connectivity index (χ3v) is 5.41. The van der Waals surface area contributed by atoms with Crippen LogP contribution in [0.15, 0.2) is 24.3 Å². The molecule has 4 nitrogen and oxygen atoms in total. The third-order valence-electron chi connectivity index (χ3n) is 3.61. The average Bonchev–Trinajstić information content (AvgIpc) is 2.87. The summed E-state index contributed by atoms with van der Waals surface area (Å²) < 4.78 is 64.5. The zero-order chi connectivity index (χ0) is 15.7. The van der Waals surface area contributed by atoms with Gasteiger partial charge in [0.1, 0.15) is 0 Å². The van der Waals surface area contributed by atoms with E-state index in [4.69, 9.17) is 0 Å². The highest BCUT2D eigenvalue weighted by molar-refractivity contribution is 7.88. The first-order valence-electron chi connectivity index (χ1n) is 6.54. The molecular weight excluding hydrogens is 341 g/mol. The number of halogens is 4. The minimum absolute atomic E-state index is 0. The summed E-state index contributed by atoms with van der Waals surface area (Å²) in [5.74, 6) is -0.626. The Kier molecular flexibility index (Phi) is 6.26. The van der Waals surface area contributed by atoms with E-state index in [2.05, 4.69) is 5.32 Å². The van der Waals surface area contributed by atoms with E-state index in [-0.39, 0.29) is 24.0 Å². The molecule has 1 fully saturated rings. The van der Waals surface area contributed by atoms with Crippen LogP contribution in [0.2, 0.25) is 0 Å². The van der Waals surface area contributed by atoms with Gasteiger partial charge >= 0.3 is 6.18 Å². The van der Waals surface area contributed by atoms with E-state index in [9.17, 15) is 21.6 Å². The Morgan fingerprint density at radius 3 is 2.50 bits per heavy atom. The molecule has 0 saturated carbocycles. The van der Waals surface area contributed by atoms with E-state index in [1.807, 2.05) is 0 Å². The smallest absolute Gasteiger partial charge is 0.316 e. The Hall–Kier alpha value is -0.830. The minimum Gasteiger partial charge on any atom is -0.316 e. The van der Waals surface area contributed by atoms with Gasteiger partial charge in [-0.05, 0) is 25.1 Å². The summed E-state index contributed by atoms with van der Waals surface area (Å²) in [5, 5.41) is 2.98. The standard InChI is InChI=1S/C13H17F3N2O2S.ClH/c1-17-11-6-7-18(8-11)21(19,20)9-10-4-2-3-5-12(10)13(14,15)16;/h2-5,11,17H,6-9H2,1H3;1H. The number of benzene rings is 1. The van der Waals surface area contributed by atoms with Gasteiger partial charge in [-0.1, -0.05) is 18.2 Å². The van der Waals surface area contributed by atoms with Gasteiger partial charge in [-0.3, -0.25) is 0 Å². The molecule has 1 atom stereocenters. The van der Waals surface area contributed by atoms with Gasteiger partial charge in [-0.2, -0.15) is 13.2 Å². The second kappa shape index (κ2) is 7.16. The van der Waals surface area contributed by atoms with E-state index < -0.39 is 27.5 Å². The number of likely N-dealkylation sites (N-methyl/N-ethyl adjacent to an activating group) is 1. The number of nitrogens with zero attached hydrogens (tertiary/aromatic N) is 1. The van der Waals surface area contributed by atoms with Crippen LogP contribution in [0.3, 0.4) is 0 Å². The molecule has 0 aliphatic carbocycles. The summed E-state index contributed by atoms with van der Waals surface area (Å²) in [6, 6.07) is 4.85. The first kappa shape index (κ1) is 19.2. The SMILES string of the molecule is CNC1CCN(S(=O)(=O)Cc2ccccc2C(F)(F)F)C1.Cl. The summed E-state index contributed by atoms with van der Waals surface area (Å²) >= 11 is 0. The van der Waals surface area contributed by atoms with Gasteiger partial charge in [0.25, 0.3) is 0 Å². The summed E-state index contributed by atoms with van der Waals surface area (Å²) in [5.41, 5.74) is -1.10. The van der Waals surface area contributed by atoms with Crippen LogP contribution in [0.25, 0.3) is 0 Å². The zero-order valence-electron chi connectivity index (χ0n) is 11.9. The molecule has 0 radical (unpaired) electrons. The highest BCUT2D eigenvalue weighted by atomic mass is 35.5. The molecule has 1 N–H and O–H groups in total. The van der Waals surface area contributed by atoms with E-state index in [0.29, 0.717) is 19.5 Å². The lowest BCUT2D eigenvalue weighted by Crippen LogP contribution is -2.34. The van der Waals surface area contributed by atoms with Crippen LogP contribution in [-0.4, -0.2) is 38.9 Å². The number of hydrogen-bond donors (Lipinski definition) is 1.